The normalized spacial score (nSPS) is 13.5. The van der Waals surface area contributed by atoms with Crippen molar-refractivity contribution in [2.75, 3.05) is 134 Å². The Hall–Kier alpha value is -5.21. The van der Waals surface area contributed by atoms with Crippen molar-refractivity contribution in [3.05, 3.63) is 65.0 Å². The summed E-state index contributed by atoms with van der Waals surface area (Å²) in [6.45, 7) is 13.1. The van der Waals surface area contributed by atoms with Crippen molar-refractivity contribution in [2.24, 2.45) is 0 Å². The maximum Gasteiger partial charge on any atom is 0.295 e. The summed E-state index contributed by atoms with van der Waals surface area (Å²) in [7, 11) is 1.79. The van der Waals surface area contributed by atoms with E-state index < -0.39 is 10.1 Å². The Balaban J connectivity index is 1.50. The van der Waals surface area contributed by atoms with Crippen LogP contribution in [0.15, 0.2) is 47.4 Å². The molecule has 4 aromatic rings. The number of nitrogens with zero attached hydrogens (tertiary/aromatic N) is 6. The summed E-state index contributed by atoms with van der Waals surface area (Å²) in [5, 5.41) is 16.1. The summed E-state index contributed by atoms with van der Waals surface area (Å²) in [5.41, 5.74) is 2.27. The first-order valence-electron chi connectivity index (χ1n) is 22.3. The molecule has 0 fully saturated rings. The summed E-state index contributed by atoms with van der Waals surface area (Å²) in [6, 6.07) is 11.7. The zero-order valence-electron chi connectivity index (χ0n) is 40.3. The lowest BCUT2D eigenvalue weighted by Crippen LogP contribution is -2.27. The third-order valence-electron chi connectivity index (χ3n) is 9.36. The van der Waals surface area contributed by atoms with Crippen LogP contribution in [0.4, 0.5) is 35.4 Å². The van der Waals surface area contributed by atoms with Gasteiger partial charge in [0.05, 0.1) is 79.3 Å². The second-order valence-electron chi connectivity index (χ2n) is 15.8. The quantitative estimate of drug-likeness (QED) is 0.0208. The van der Waals surface area contributed by atoms with Crippen molar-refractivity contribution in [2.45, 2.75) is 63.2 Å². The van der Waals surface area contributed by atoms with Crippen LogP contribution in [0, 0.1) is 0 Å². The van der Waals surface area contributed by atoms with E-state index in [0.29, 0.717) is 109 Å². The van der Waals surface area contributed by atoms with Crippen molar-refractivity contribution < 1.29 is 50.9 Å². The van der Waals surface area contributed by atoms with Crippen LogP contribution in [-0.2, 0) is 54.4 Å². The van der Waals surface area contributed by atoms with E-state index in [1.807, 2.05) is 52.0 Å². The first-order chi connectivity index (χ1) is 32.8. The van der Waals surface area contributed by atoms with Crippen LogP contribution in [0.2, 0.25) is 0 Å². The van der Waals surface area contributed by atoms with Crippen molar-refractivity contribution >= 4 is 57.7 Å². The second kappa shape index (κ2) is 30.3. The Morgan fingerprint density at radius 3 is 1.32 bits per heavy atom. The Bertz CT molecular complexity index is 2140. The van der Waals surface area contributed by atoms with Gasteiger partial charge in [0, 0.05) is 64.7 Å². The highest BCUT2D eigenvalue weighted by Gasteiger charge is 2.18. The Kier molecular flexibility index (Phi) is 24.7. The van der Waals surface area contributed by atoms with Crippen molar-refractivity contribution in [1.82, 2.24) is 29.9 Å². The Morgan fingerprint density at radius 2 is 0.926 bits per heavy atom. The van der Waals surface area contributed by atoms with E-state index in [1.54, 1.807) is 52.7 Å². The molecule has 0 saturated carbocycles. The number of hydrogen-bond donors (Lipinski definition) is 6. The Morgan fingerprint density at radius 1 is 0.529 bits per heavy atom. The van der Waals surface area contributed by atoms with Gasteiger partial charge in [-0.2, -0.15) is 38.3 Å². The molecule has 4 atom stereocenters. The molecule has 0 radical (unpaired) electrons. The van der Waals surface area contributed by atoms with Gasteiger partial charge < -0.3 is 64.5 Å². The molecule has 2 aromatic carbocycles. The number of nitrogens with one attached hydrogen (secondary N) is 5. The van der Waals surface area contributed by atoms with Crippen molar-refractivity contribution in [3.8, 4) is 0 Å². The number of benzene rings is 2. The molecular formula is C45H69N11O11S. The lowest BCUT2D eigenvalue weighted by molar-refractivity contribution is 0.0675. The highest BCUT2D eigenvalue weighted by molar-refractivity contribution is 7.86. The van der Waals surface area contributed by atoms with Gasteiger partial charge in [-0.1, -0.05) is 42.5 Å². The van der Waals surface area contributed by atoms with E-state index in [-0.39, 0.29) is 52.5 Å². The molecule has 0 saturated heterocycles. The lowest BCUT2D eigenvalue weighted by atomic mass is 10.1. The molecule has 6 N–H and O–H groups in total. The largest absolute Gasteiger partial charge is 0.382 e. The van der Waals surface area contributed by atoms with Crippen LogP contribution in [0.1, 0.15) is 50.2 Å². The monoisotopic (exact) mass is 971 g/mol. The Labute approximate surface area is 399 Å². The molecule has 376 valence electrons. The number of anilines is 6. The van der Waals surface area contributed by atoms with Gasteiger partial charge in [0.2, 0.25) is 29.7 Å². The van der Waals surface area contributed by atoms with Gasteiger partial charge in [0.1, 0.15) is 10.7 Å². The van der Waals surface area contributed by atoms with Crippen molar-refractivity contribution in [1.29, 1.82) is 0 Å². The highest BCUT2D eigenvalue weighted by atomic mass is 32.2. The molecule has 0 aliphatic carbocycles. The standard InChI is InChI=1S/C45H69N11O11S/c1-31(27-64-21-17-60-5)46-41-51-40(52-42(53-41)47-32(2)28-65-22-18-61-6)25-36-11-9-35(10-12-36)13-14-37-15-16-38(26-39(37)68(57,58)59)50-45-55-43(48-33(3)29-66-23-19-62-7)54-44(56-45)49-34(4)30-67-24-20-63-8/h9-16,26,31-34H,17-25,27-30H2,1-8H3,(H,57,58,59)(H2,46,47,51,52,53)(H3,48,49,50,54,55,56)/b14-13+. The van der Waals surface area contributed by atoms with Crippen LogP contribution in [0.5, 0.6) is 0 Å². The number of hydrogen-bond acceptors (Lipinski definition) is 21. The van der Waals surface area contributed by atoms with Gasteiger partial charge in [-0.25, -0.2) is 0 Å². The number of ether oxygens (including phenoxy) is 8. The minimum Gasteiger partial charge on any atom is -0.382 e. The first-order valence-corrected chi connectivity index (χ1v) is 23.7. The van der Waals surface area contributed by atoms with E-state index in [0.717, 1.165) is 11.1 Å². The van der Waals surface area contributed by atoms with E-state index in [9.17, 15) is 13.0 Å². The fourth-order valence-corrected chi connectivity index (χ4v) is 6.77. The molecule has 0 aliphatic rings. The van der Waals surface area contributed by atoms with Crippen LogP contribution in [-0.4, -0.2) is 175 Å². The number of aromatic nitrogens is 6. The van der Waals surface area contributed by atoms with Crippen LogP contribution >= 0.6 is 0 Å². The predicted octanol–water partition coefficient (Wildman–Crippen LogP) is 4.66. The molecule has 22 nitrogen and oxygen atoms in total. The first kappa shape index (κ1) is 55.4. The minimum absolute atomic E-state index is 0.0924. The fraction of sp³-hybridized carbons (Fsp3) is 0.556. The molecule has 4 rings (SSSR count). The van der Waals surface area contributed by atoms with Crippen LogP contribution in [0.25, 0.3) is 12.2 Å². The van der Waals surface area contributed by atoms with Gasteiger partial charge in [-0.3, -0.25) is 4.55 Å². The topological polar surface area (TPSA) is 266 Å². The molecule has 23 heteroatoms. The molecule has 0 spiro atoms. The second-order valence-corrected chi connectivity index (χ2v) is 17.2. The van der Waals surface area contributed by atoms with Gasteiger partial charge in [0.25, 0.3) is 10.1 Å². The lowest BCUT2D eigenvalue weighted by Gasteiger charge is -2.18. The van der Waals surface area contributed by atoms with E-state index in [2.05, 4.69) is 46.5 Å². The molecule has 4 unspecified atom stereocenters. The maximum atomic E-state index is 12.7. The SMILES string of the molecule is COCCOCC(C)Nc1nc(Cc2ccc(/C=C/c3ccc(Nc4nc(NC(C)COCCOC)nc(NC(C)COCCOC)n4)cc3S(=O)(=O)O)cc2)nc(NC(C)COCCOC)n1. The molecule has 2 aromatic heterocycles. The summed E-state index contributed by atoms with van der Waals surface area (Å²) in [6.07, 6.45) is 3.77. The smallest absolute Gasteiger partial charge is 0.295 e. The molecule has 0 aliphatic heterocycles. The van der Waals surface area contributed by atoms with Gasteiger partial charge in [0.15, 0.2) is 0 Å². The minimum atomic E-state index is -4.67. The summed E-state index contributed by atoms with van der Waals surface area (Å²) in [4.78, 5) is 27.2. The van der Waals surface area contributed by atoms with Gasteiger partial charge in [-0.05, 0) is 56.5 Å². The molecule has 2 heterocycles. The average molecular weight is 972 g/mol. The predicted molar refractivity (Wildman–Crippen MR) is 260 cm³/mol. The third-order valence-corrected chi connectivity index (χ3v) is 10.3. The van der Waals surface area contributed by atoms with Gasteiger partial charge in [-0.15, -0.1) is 0 Å². The molecule has 0 bridgehead atoms. The zero-order chi connectivity index (χ0) is 49.2. The van der Waals surface area contributed by atoms with E-state index in [1.165, 1.54) is 6.07 Å². The third kappa shape index (κ3) is 21.4. The summed E-state index contributed by atoms with van der Waals surface area (Å²) >= 11 is 0. The number of methoxy groups -OCH3 is 4. The number of rotatable bonds is 35. The van der Waals surface area contributed by atoms with Crippen LogP contribution < -0.4 is 26.6 Å². The van der Waals surface area contributed by atoms with Crippen LogP contribution in [0.3, 0.4) is 0 Å². The molecular weight excluding hydrogens is 903 g/mol. The maximum absolute atomic E-state index is 12.7. The fourth-order valence-electron chi connectivity index (χ4n) is 6.06. The van der Waals surface area contributed by atoms with Gasteiger partial charge >= 0.3 is 0 Å². The average Bonchev–Trinajstić information content (AvgIpc) is 3.29. The van der Waals surface area contributed by atoms with E-state index in [4.69, 9.17) is 47.9 Å². The highest BCUT2D eigenvalue weighted by Crippen LogP contribution is 2.26. The molecule has 68 heavy (non-hydrogen) atoms. The van der Waals surface area contributed by atoms with Crippen molar-refractivity contribution in [3.63, 3.8) is 0 Å². The summed E-state index contributed by atoms with van der Waals surface area (Å²) in [5.74, 6) is 1.93. The molecule has 0 amide bonds. The summed E-state index contributed by atoms with van der Waals surface area (Å²) < 4.78 is 78.8. The zero-order valence-corrected chi connectivity index (χ0v) is 41.1. The van der Waals surface area contributed by atoms with E-state index >= 15 is 0 Å².